The Hall–Kier alpha value is -3.71. The normalized spacial score (nSPS) is 11.7. The van der Waals surface area contributed by atoms with E-state index in [-0.39, 0.29) is 5.91 Å². The lowest BCUT2D eigenvalue weighted by atomic mass is 10.1. The minimum absolute atomic E-state index is 0.0921. The Morgan fingerprint density at radius 2 is 1.73 bits per heavy atom. The smallest absolute Gasteiger partial charge is 0.259 e. The van der Waals surface area contributed by atoms with Gasteiger partial charge in [-0.05, 0) is 42.0 Å². The molecular formula is C23H17N5OS. The van der Waals surface area contributed by atoms with E-state index in [0.29, 0.717) is 17.9 Å². The number of fused-ring (bicyclic) bond motifs is 2. The number of nitrogens with zero attached hydrogens (tertiary/aromatic N) is 4. The monoisotopic (exact) mass is 411 g/mol. The SMILES string of the molecule is O=C(c1ccccc1)N(Cc1ccc2c(c1)Nc1nccnc1S2)c1ccccn1. The van der Waals surface area contributed by atoms with Crippen molar-refractivity contribution in [3.8, 4) is 0 Å². The first kappa shape index (κ1) is 18.3. The maximum absolute atomic E-state index is 13.2. The summed E-state index contributed by atoms with van der Waals surface area (Å²) in [5, 5.41) is 4.20. The second-order valence-electron chi connectivity index (χ2n) is 6.71. The van der Waals surface area contributed by atoms with Crippen LogP contribution in [0.5, 0.6) is 0 Å². The molecule has 0 unspecified atom stereocenters. The lowest BCUT2D eigenvalue weighted by molar-refractivity contribution is 0.0984. The quantitative estimate of drug-likeness (QED) is 0.452. The van der Waals surface area contributed by atoms with Crippen molar-refractivity contribution >= 4 is 35.0 Å². The first-order valence-electron chi connectivity index (χ1n) is 9.45. The molecule has 0 saturated carbocycles. The molecule has 3 heterocycles. The summed E-state index contributed by atoms with van der Waals surface area (Å²) in [6.07, 6.45) is 5.05. The molecule has 2 aromatic heterocycles. The van der Waals surface area contributed by atoms with Crippen LogP contribution in [0.2, 0.25) is 0 Å². The highest BCUT2D eigenvalue weighted by Gasteiger charge is 2.21. The first-order chi connectivity index (χ1) is 14.8. The number of carbonyl (C=O) groups is 1. The van der Waals surface area contributed by atoms with Crippen molar-refractivity contribution in [1.29, 1.82) is 0 Å². The second-order valence-corrected chi connectivity index (χ2v) is 7.74. The summed E-state index contributed by atoms with van der Waals surface area (Å²) < 4.78 is 0. The number of nitrogens with one attached hydrogen (secondary N) is 1. The van der Waals surface area contributed by atoms with E-state index in [9.17, 15) is 4.79 Å². The van der Waals surface area contributed by atoms with Crippen LogP contribution in [-0.2, 0) is 6.54 Å². The highest BCUT2D eigenvalue weighted by molar-refractivity contribution is 7.99. The van der Waals surface area contributed by atoms with Gasteiger partial charge < -0.3 is 5.32 Å². The van der Waals surface area contributed by atoms with Crippen LogP contribution >= 0.6 is 11.8 Å². The van der Waals surface area contributed by atoms with E-state index in [1.807, 2.05) is 66.7 Å². The van der Waals surface area contributed by atoms with E-state index in [0.717, 1.165) is 27.0 Å². The molecule has 5 rings (SSSR count). The fourth-order valence-electron chi connectivity index (χ4n) is 3.27. The molecule has 2 aromatic carbocycles. The third-order valence-electron chi connectivity index (χ3n) is 4.70. The van der Waals surface area contributed by atoms with Gasteiger partial charge in [0.05, 0.1) is 12.2 Å². The molecule has 4 aromatic rings. The zero-order chi connectivity index (χ0) is 20.3. The lowest BCUT2D eigenvalue weighted by Crippen LogP contribution is -2.31. The van der Waals surface area contributed by atoms with Crippen LogP contribution < -0.4 is 10.2 Å². The van der Waals surface area contributed by atoms with Gasteiger partial charge in [0.25, 0.3) is 5.91 Å². The van der Waals surface area contributed by atoms with E-state index < -0.39 is 0 Å². The molecule has 0 atom stereocenters. The Kier molecular flexibility index (Phi) is 4.86. The van der Waals surface area contributed by atoms with E-state index in [4.69, 9.17) is 0 Å². The van der Waals surface area contributed by atoms with Gasteiger partial charge in [-0.3, -0.25) is 9.69 Å². The van der Waals surface area contributed by atoms with Crippen molar-refractivity contribution in [2.24, 2.45) is 0 Å². The van der Waals surface area contributed by atoms with Crippen molar-refractivity contribution in [3.63, 3.8) is 0 Å². The predicted molar refractivity (Wildman–Crippen MR) is 117 cm³/mol. The van der Waals surface area contributed by atoms with Gasteiger partial charge in [0.1, 0.15) is 10.8 Å². The van der Waals surface area contributed by atoms with Gasteiger partial charge in [-0.15, -0.1) is 0 Å². The number of rotatable bonds is 4. The van der Waals surface area contributed by atoms with Crippen molar-refractivity contribution in [2.45, 2.75) is 16.5 Å². The highest BCUT2D eigenvalue weighted by atomic mass is 32.2. The lowest BCUT2D eigenvalue weighted by Gasteiger charge is -2.24. The molecule has 7 heteroatoms. The van der Waals surface area contributed by atoms with Crippen LogP contribution in [0.3, 0.4) is 0 Å². The van der Waals surface area contributed by atoms with Crippen LogP contribution in [-0.4, -0.2) is 20.9 Å². The third-order valence-corrected chi connectivity index (χ3v) is 5.77. The molecule has 1 N–H and O–H groups in total. The summed E-state index contributed by atoms with van der Waals surface area (Å²) in [7, 11) is 0. The topological polar surface area (TPSA) is 71.0 Å². The summed E-state index contributed by atoms with van der Waals surface area (Å²) in [4.78, 5) is 29.1. The van der Waals surface area contributed by atoms with Crippen LogP contribution in [0, 0.1) is 0 Å². The summed E-state index contributed by atoms with van der Waals surface area (Å²) in [6.45, 7) is 0.400. The summed E-state index contributed by atoms with van der Waals surface area (Å²) >= 11 is 1.58. The fourth-order valence-corrected chi connectivity index (χ4v) is 4.15. The van der Waals surface area contributed by atoms with Gasteiger partial charge in [-0.2, -0.15) is 0 Å². The molecule has 0 saturated heterocycles. The molecule has 30 heavy (non-hydrogen) atoms. The molecule has 0 spiro atoms. The number of hydrogen-bond donors (Lipinski definition) is 1. The molecule has 0 radical (unpaired) electrons. The Morgan fingerprint density at radius 1 is 0.900 bits per heavy atom. The molecule has 146 valence electrons. The van der Waals surface area contributed by atoms with E-state index in [1.165, 1.54) is 0 Å². The number of amides is 1. The zero-order valence-electron chi connectivity index (χ0n) is 15.9. The summed E-state index contributed by atoms with van der Waals surface area (Å²) in [5.74, 6) is 1.27. The number of carbonyl (C=O) groups excluding carboxylic acids is 1. The Bertz CT molecular complexity index is 1200. The van der Waals surface area contributed by atoms with Crippen molar-refractivity contribution in [1.82, 2.24) is 15.0 Å². The van der Waals surface area contributed by atoms with Gasteiger partial charge in [0, 0.05) is 29.0 Å². The average Bonchev–Trinajstić information content (AvgIpc) is 2.82. The molecule has 6 nitrogen and oxygen atoms in total. The molecule has 1 amide bonds. The molecule has 1 aliphatic heterocycles. The third kappa shape index (κ3) is 3.62. The number of benzene rings is 2. The number of aromatic nitrogens is 3. The highest BCUT2D eigenvalue weighted by Crippen LogP contribution is 2.42. The van der Waals surface area contributed by atoms with Crippen LogP contribution in [0.25, 0.3) is 0 Å². The first-order valence-corrected chi connectivity index (χ1v) is 10.3. The van der Waals surface area contributed by atoms with Crippen LogP contribution in [0.1, 0.15) is 15.9 Å². The number of pyridine rings is 1. The Labute approximate surface area is 178 Å². The molecule has 0 aliphatic carbocycles. The van der Waals surface area contributed by atoms with Crippen LogP contribution in [0.4, 0.5) is 17.3 Å². The average molecular weight is 411 g/mol. The van der Waals surface area contributed by atoms with Crippen molar-refractivity contribution in [2.75, 3.05) is 10.2 Å². The van der Waals surface area contributed by atoms with Crippen molar-refractivity contribution in [3.05, 3.63) is 96.4 Å². The molecule has 1 aliphatic rings. The van der Waals surface area contributed by atoms with Gasteiger partial charge in [-0.25, -0.2) is 15.0 Å². The minimum atomic E-state index is -0.0921. The van der Waals surface area contributed by atoms with Gasteiger partial charge >= 0.3 is 0 Å². The number of anilines is 3. The van der Waals surface area contributed by atoms with Gasteiger partial charge in [-0.1, -0.05) is 42.1 Å². The molecular weight excluding hydrogens is 394 g/mol. The zero-order valence-corrected chi connectivity index (χ0v) is 16.7. The number of hydrogen-bond acceptors (Lipinski definition) is 6. The van der Waals surface area contributed by atoms with E-state index >= 15 is 0 Å². The van der Waals surface area contributed by atoms with Crippen molar-refractivity contribution < 1.29 is 4.79 Å². The van der Waals surface area contributed by atoms with E-state index in [2.05, 4.69) is 20.3 Å². The Morgan fingerprint density at radius 3 is 2.57 bits per heavy atom. The minimum Gasteiger partial charge on any atom is -0.337 e. The summed E-state index contributed by atoms with van der Waals surface area (Å²) in [5.41, 5.74) is 2.57. The molecule has 0 fully saturated rings. The fraction of sp³-hybridized carbons (Fsp3) is 0.0435. The summed E-state index contributed by atoms with van der Waals surface area (Å²) in [6, 6.07) is 21.0. The standard InChI is InChI=1S/C23H17N5OS/c29-23(17-6-2-1-3-7-17)28(20-8-4-5-11-24-20)15-16-9-10-19-18(14-16)27-21-22(30-19)26-13-12-25-21/h1-14H,15H2,(H,25,27). The predicted octanol–water partition coefficient (Wildman–Crippen LogP) is 4.93. The van der Waals surface area contributed by atoms with E-state index in [1.54, 1.807) is 35.3 Å². The molecule has 0 bridgehead atoms. The second kappa shape index (κ2) is 7.96. The maximum atomic E-state index is 13.2. The van der Waals surface area contributed by atoms with Gasteiger partial charge in [0.15, 0.2) is 5.82 Å². The van der Waals surface area contributed by atoms with Gasteiger partial charge in [0.2, 0.25) is 0 Å². The van der Waals surface area contributed by atoms with Crippen LogP contribution in [0.15, 0.2) is 95.2 Å². The Balaban J connectivity index is 1.47. The largest absolute Gasteiger partial charge is 0.337 e. The maximum Gasteiger partial charge on any atom is 0.259 e.